The zero-order valence-corrected chi connectivity index (χ0v) is 13.4. The van der Waals surface area contributed by atoms with Gasteiger partial charge in [-0.05, 0) is 49.0 Å². The Morgan fingerprint density at radius 1 is 1.15 bits per heavy atom. The van der Waals surface area contributed by atoms with Crippen molar-refractivity contribution < 1.29 is 0 Å². The molecule has 1 fully saturated rings. The van der Waals surface area contributed by atoms with Crippen LogP contribution < -0.4 is 10.6 Å². The van der Waals surface area contributed by atoms with E-state index in [2.05, 4.69) is 62.0 Å². The van der Waals surface area contributed by atoms with Crippen molar-refractivity contribution in [1.82, 2.24) is 4.90 Å². The van der Waals surface area contributed by atoms with Gasteiger partial charge in [0.05, 0.1) is 0 Å². The highest BCUT2D eigenvalue weighted by atomic mass is 15.2. The fourth-order valence-electron chi connectivity index (χ4n) is 2.93. The third-order valence-electron chi connectivity index (χ3n) is 4.61. The average Bonchev–Trinajstić information content (AvgIpc) is 2.42. The van der Waals surface area contributed by atoms with Crippen molar-refractivity contribution in [3.63, 3.8) is 0 Å². The molecule has 1 saturated heterocycles. The van der Waals surface area contributed by atoms with Crippen molar-refractivity contribution in [2.24, 2.45) is 11.1 Å². The smallest absolute Gasteiger partial charge is 0.0470 e. The lowest BCUT2D eigenvalue weighted by molar-refractivity contribution is 0.0964. The molecule has 20 heavy (non-hydrogen) atoms. The summed E-state index contributed by atoms with van der Waals surface area (Å²) in [7, 11) is 4.14. The maximum Gasteiger partial charge on any atom is 0.0470 e. The van der Waals surface area contributed by atoms with E-state index in [4.69, 9.17) is 5.73 Å². The molecule has 1 aliphatic rings. The summed E-state index contributed by atoms with van der Waals surface area (Å²) in [6.45, 7) is 7.75. The van der Waals surface area contributed by atoms with Gasteiger partial charge in [0.1, 0.15) is 0 Å². The third kappa shape index (κ3) is 3.53. The molecule has 0 saturated carbocycles. The first-order valence-electron chi connectivity index (χ1n) is 7.64. The van der Waals surface area contributed by atoms with Crippen LogP contribution in [0, 0.1) is 5.41 Å². The quantitative estimate of drug-likeness (QED) is 0.917. The average molecular weight is 275 g/mol. The topological polar surface area (TPSA) is 32.5 Å². The SMILES string of the molecule is CN(C)c1ccc(C(CN)N2CCC(C)(C)CC2)cc1. The molecular weight excluding hydrogens is 246 g/mol. The molecule has 0 amide bonds. The first-order chi connectivity index (χ1) is 9.43. The molecule has 2 N–H and O–H groups in total. The molecule has 1 aromatic rings. The molecular formula is C17H29N3. The van der Waals surface area contributed by atoms with E-state index in [0.29, 0.717) is 18.0 Å². The molecule has 1 atom stereocenters. The van der Waals surface area contributed by atoms with Gasteiger partial charge in [-0.3, -0.25) is 4.90 Å². The van der Waals surface area contributed by atoms with Crippen LogP contribution in [0.4, 0.5) is 5.69 Å². The molecule has 1 heterocycles. The van der Waals surface area contributed by atoms with E-state index in [9.17, 15) is 0 Å². The number of hydrogen-bond acceptors (Lipinski definition) is 3. The second kappa shape index (κ2) is 6.15. The Morgan fingerprint density at radius 2 is 1.70 bits per heavy atom. The predicted molar refractivity (Wildman–Crippen MR) is 87.2 cm³/mol. The zero-order chi connectivity index (χ0) is 14.8. The molecule has 1 aliphatic heterocycles. The Labute approximate surface area is 123 Å². The first-order valence-corrected chi connectivity index (χ1v) is 7.64. The molecule has 0 aliphatic carbocycles. The normalized spacial score (nSPS) is 20.6. The zero-order valence-electron chi connectivity index (χ0n) is 13.4. The van der Waals surface area contributed by atoms with E-state index in [1.165, 1.54) is 24.1 Å². The molecule has 112 valence electrons. The molecule has 0 spiro atoms. The minimum atomic E-state index is 0.363. The van der Waals surface area contributed by atoms with Crippen molar-refractivity contribution in [3.05, 3.63) is 29.8 Å². The molecule has 3 nitrogen and oxygen atoms in total. The van der Waals surface area contributed by atoms with E-state index in [0.717, 1.165) is 13.1 Å². The van der Waals surface area contributed by atoms with Crippen LogP contribution in [-0.2, 0) is 0 Å². The van der Waals surface area contributed by atoms with E-state index < -0.39 is 0 Å². The second-order valence-electron chi connectivity index (χ2n) is 6.94. The molecule has 1 unspecified atom stereocenters. The van der Waals surface area contributed by atoms with Crippen LogP contribution in [0.25, 0.3) is 0 Å². The number of benzene rings is 1. The maximum absolute atomic E-state index is 6.05. The first kappa shape index (κ1) is 15.3. The summed E-state index contributed by atoms with van der Waals surface area (Å²) < 4.78 is 0. The number of anilines is 1. The van der Waals surface area contributed by atoms with Gasteiger partial charge in [-0.15, -0.1) is 0 Å². The molecule has 0 aromatic heterocycles. The Hall–Kier alpha value is -1.06. The van der Waals surface area contributed by atoms with Gasteiger partial charge in [-0.1, -0.05) is 26.0 Å². The lowest BCUT2D eigenvalue weighted by Crippen LogP contribution is -2.42. The molecule has 2 rings (SSSR count). The van der Waals surface area contributed by atoms with Crippen molar-refractivity contribution in [2.45, 2.75) is 32.7 Å². The van der Waals surface area contributed by atoms with E-state index >= 15 is 0 Å². The van der Waals surface area contributed by atoms with Crippen LogP contribution in [0.15, 0.2) is 24.3 Å². The van der Waals surface area contributed by atoms with E-state index in [1.807, 2.05) is 0 Å². The van der Waals surface area contributed by atoms with E-state index in [1.54, 1.807) is 0 Å². The Morgan fingerprint density at radius 3 is 2.15 bits per heavy atom. The highest BCUT2D eigenvalue weighted by Crippen LogP contribution is 2.33. The summed E-state index contributed by atoms with van der Waals surface area (Å²) in [6.07, 6.45) is 2.53. The van der Waals surface area contributed by atoms with Crippen LogP contribution in [0.1, 0.15) is 38.3 Å². The largest absolute Gasteiger partial charge is 0.378 e. The summed E-state index contributed by atoms with van der Waals surface area (Å²) in [4.78, 5) is 4.68. The van der Waals surface area contributed by atoms with Crippen LogP contribution in [0.2, 0.25) is 0 Å². The summed E-state index contributed by atoms with van der Waals surface area (Å²) in [5.74, 6) is 0. The van der Waals surface area contributed by atoms with Crippen LogP contribution in [0.5, 0.6) is 0 Å². The summed E-state index contributed by atoms with van der Waals surface area (Å²) in [5, 5.41) is 0. The highest BCUT2D eigenvalue weighted by molar-refractivity contribution is 5.46. The molecule has 0 radical (unpaired) electrons. The predicted octanol–water partition coefficient (Wildman–Crippen LogP) is 2.87. The molecule has 3 heteroatoms. The molecule has 1 aromatic carbocycles. The van der Waals surface area contributed by atoms with Gasteiger partial charge in [0, 0.05) is 32.4 Å². The number of nitrogens with zero attached hydrogens (tertiary/aromatic N) is 2. The third-order valence-corrected chi connectivity index (χ3v) is 4.61. The van der Waals surface area contributed by atoms with Crippen molar-refractivity contribution >= 4 is 5.69 Å². The number of piperidine rings is 1. The van der Waals surface area contributed by atoms with Gasteiger partial charge in [0.25, 0.3) is 0 Å². The van der Waals surface area contributed by atoms with Crippen molar-refractivity contribution in [2.75, 3.05) is 38.6 Å². The maximum atomic E-state index is 6.05. The van der Waals surface area contributed by atoms with Gasteiger partial charge in [-0.2, -0.15) is 0 Å². The van der Waals surface area contributed by atoms with Gasteiger partial charge >= 0.3 is 0 Å². The van der Waals surface area contributed by atoms with Crippen LogP contribution in [-0.4, -0.2) is 38.6 Å². The van der Waals surface area contributed by atoms with Gasteiger partial charge in [0.15, 0.2) is 0 Å². The minimum Gasteiger partial charge on any atom is -0.378 e. The molecule has 0 bridgehead atoms. The Bertz CT molecular complexity index is 412. The van der Waals surface area contributed by atoms with Crippen LogP contribution >= 0.6 is 0 Å². The fraction of sp³-hybridized carbons (Fsp3) is 0.647. The van der Waals surface area contributed by atoms with Crippen molar-refractivity contribution in [1.29, 1.82) is 0 Å². The number of rotatable bonds is 4. The number of nitrogens with two attached hydrogens (primary N) is 1. The number of likely N-dealkylation sites (tertiary alicyclic amines) is 1. The number of hydrogen-bond donors (Lipinski definition) is 1. The van der Waals surface area contributed by atoms with Gasteiger partial charge in [0.2, 0.25) is 0 Å². The minimum absolute atomic E-state index is 0.363. The summed E-state index contributed by atoms with van der Waals surface area (Å²) >= 11 is 0. The highest BCUT2D eigenvalue weighted by Gasteiger charge is 2.29. The van der Waals surface area contributed by atoms with Gasteiger partial charge in [-0.25, -0.2) is 0 Å². The standard InChI is InChI=1S/C17H29N3/c1-17(2)9-11-20(12-10-17)16(13-18)14-5-7-15(8-6-14)19(3)4/h5-8,16H,9-13,18H2,1-4H3. The monoisotopic (exact) mass is 275 g/mol. The lowest BCUT2D eigenvalue weighted by atomic mass is 9.82. The Kier molecular flexibility index (Phi) is 4.71. The Balaban J connectivity index is 2.08. The lowest BCUT2D eigenvalue weighted by Gasteiger charge is -2.41. The fourth-order valence-corrected chi connectivity index (χ4v) is 2.93. The van der Waals surface area contributed by atoms with E-state index in [-0.39, 0.29) is 0 Å². The van der Waals surface area contributed by atoms with Crippen LogP contribution in [0.3, 0.4) is 0 Å². The summed E-state index contributed by atoms with van der Waals surface area (Å²) in [5.41, 5.74) is 9.12. The second-order valence-corrected chi connectivity index (χ2v) is 6.94. The van der Waals surface area contributed by atoms with Gasteiger partial charge < -0.3 is 10.6 Å². The summed E-state index contributed by atoms with van der Waals surface area (Å²) in [6, 6.07) is 9.19. The van der Waals surface area contributed by atoms with Crippen molar-refractivity contribution in [3.8, 4) is 0 Å².